The van der Waals surface area contributed by atoms with Crippen LogP contribution >= 0.6 is 0 Å². The maximum Gasteiger partial charge on any atom is 0.331 e. The van der Waals surface area contributed by atoms with E-state index in [1.54, 1.807) is 7.11 Å². The number of carboxylic acids is 1. The van der Waals surface area contributed by atoms with Crippen molar-refractivity contribution in [3.05, 3.63) is 22.8 Å². The van der Waals surface area contributed by atoms with Crippen LogP contribution in [0.3, 0.4) is 0 Å². The fourth-order valence-corrected chi connectivity index (χ4v) is 9.69. The van der Waals surface area contributed by atoms with Crippen LogP contribution in [0.5, 0.6) is 0 Å². The molecule has 0 aromatic heterocycles. The molecule has 5 heteroatoms. The number of ether oxygens (including phenoxy) is 1. The average molecular weight is 489 g/mol. The number of fused-ring (bicyclic) bond motifs is 5. The number of aliphatic carboxylic acids is 1. The Kier molecular flexibility index (Phi) is 7.14. The van der Waals surface area contributed by atoms with E-state index in [-0.39, 0.29) is 46.2 Å². The molecule has 0 bridgehead atoms. The number of aliphatic hydroxyl groups excluding tert-OH is 2. The third-order valence-corrected chi connectivity index (χ3v) is 11.5. The summed E-state index contributed by atoms with van der Waals surface area (Å²) in [6.45, 7) is 13.4. The van der Waals surface area contributed by atoms with Gasteiger partial charge in [0.1, 0.15) is 0 Å². The third kappa shape index (κ3) is 3.95. The second-order valence-electron chi connectivity index (χ2n) is 13.3. The summed E-state index contributed by atoms with van der Waals surface area (Å²) in [5, 5.41) is 32.8. The smallest absolute Gasteiger partial charge is 0.331 e. The monoisotopic (exact) mass is 488 g/mol. The highest BCUT2D eigenvalue weighted by Crippen LogP contribution is 2.74. The van der Waals surface area contributed by atoms with Gasteiger partial charge in [-0.25, -0.2) is 4.79 Å². The van der Waals surface area contributed by atoms with Crippen molar-refractivity contribution < 1.29 is 24.9 Å². The first-order chi connectivity index (χ1) is 16.3. The molecule has 0 amide bonds. The fraction of sp³-hybridized carbons (Fsp3) is 0.833. The number of allylic oxidation sites excluding steroid dienone is 2. The first-order valence-electron chi connectivity index (χ1n) is 13.8. The molecule has 0 unspecified atom stereocenters. The quantitative estimate of drug-likeness (QED) is 0.339. The van der Waals surface area contributed by atoms with E-state index in [0.717, 1.165) is 37.7 Å². The number of carboxylic acid groups (broad SMARTS) is 1. The van der Waals surface area contributed by atoms with Gasteiger partial charge in [0.15, 0.2) is 0 Å². The van der Waals surface area contributed by atoms with E-state index in [9.17, 15) is 20.1 Å². The van der Waals surface area contributed by atoms with Gasteiger partial charge in [-0.1, -0.05) is 39.3 Å². The van der Waals surface area contributed by atoms with E-state index < -0.39 is 12.1 Å². The second kappa shape index (κ2) is 9.29. The molecule has 0 saturated heterocycles. The summed E-state index contributed by atoms with van der Waals surface area (Å²) >= 11 is 0. The van der Waals surface area contributed by atoms with Gasteiger partial charge in [0.25, 0.3) is 0 Å². The van der Waals surface area contributed by atoms with Crippen molar-refractivity contribution in [1.82, 2.24) is 0 Å². The molecule has 4 rings (SSSR count). The molecular weight excluding hydrogens is 440 g/mol. The lowest BCUT2D eigenvalue weighted by Crippen LogP contribution is -2.65. The highest BCUT2D eigenvalue weighted by Gasteiger charge is 2.70. The summed E-state index contributed by atoms with van der Waals surface area (Å²) in [5.74, 6) is -0.0436. The van der Waals surface area contributed by atoms with Crippen LogP contribution in [0.15, 0.2) is 22.8 Å². The van der Waals surface area contributed by atoms with Crippen LogP contribution in [0.4, 0.5) is 0 Å². The first-order valence-corrected chi connectivity index (χ1v) is 13.8. The summed E-state index contributed by atoms with van der Waals surface area (Å²) in [6, 6.07) is 0. The molecule has 35 heavy (non-hydrogen) atoms. The lowest BCUT2D eigenvalue weighted by atomic mass is 9.36. The standard InChI is InChI=1S/C30H48O5/c1-17(2)9-8-10-19(27(33)34)25-21-15-23(32)26-28(4)13-12-22(31)18(3)20(28)11-14-29(26,5)30(21,6)16-24(25)35-7/h9,18,20-24,26,31-32H,8,10-16H2,1-7H3,(H,33,34)/b25-19-/t18-,20-,21-,22+,23+,24-,26-,28-,29-,30-/m0/s1. The Labute approximate surface area is 212 Å². The minimum Gasteiger partial charge on any atom is -0.478 e. The second-order valence-corrected chi connectivity index (χ2v) is 13.3. The Morgan fingerprint density at radius 3 is 2.37 bits per heavy atom. The lowest BCUT2D eigenvalue weighted by Gasteiger charge is -2.69. The Morgan fingerprint density at radius 1 is 1.09 bits per heavy atom. The van der Waals surface area contributed by atoms with Crippen molar-refractivity contribution in [1.29, 1.82) is 0 Å². The van der Waals surface area contributed by atoms with Gasteiger partial charge in [0.05, 0.1) is 18.3 Å². The van der Waals surface area contributed by atoms with E-state index in [0.29, 0.717) is 30.8 Å². The third-order valence-electron chi connectivity index (χ3n) is 11.5. The van der Waals surface area contributed by atoms with E-state index in [2.05, 4.69) is 33.8 Å². The maximum atomic E-state index is 12.5. The zero-order valence-corrected chi connectivity index (χ0v) is 22.9. The predicted octanol–water partition coefficient (Wildman–Crippen LogP) is 5.75. The molecule has 4 fully saturated rings. The van der Waals surface area contributed by atoms with Gasteiger partial charge in [-0.15, -0.1) is 0 Å². The van der Waals surface area contributed by atoms with E-state index in [1.807, 2.05) is 13.8 Å². The van der Waals surface area contributed by atoms with Crippen molar-refractivity contribution in [2.75, 3.05) is 7.11 Å². The Balaban J connectivity index is 1.79. The highest BCUT2D eigenvalue weighted by atomic mass is 16.5. The van der Waals surface area contributed by atoms with Gasteiger partial charge in [-0.3, -0.25) is 0 Å². The highest BCUT2D eigenvalue weighted by molar-refractivity contribution is 5.88. The SMILES string of the molecule is CO[C@H]1C[C@@]2(C)[C@@H](C[C@@H](O)[C@H]3[C@@]4(C)CC[C@@H](O)[C@@H](C)[C@@H]4CC[C@@]32C)/C1=C(\CCC=C(C)C)C(=O)O. The molecule has 10 atom stereocenters. The number of aliphatic hydroxyl groups is 2. The van der Waals surface area contributed by atoms with E-state index in [4.69, 9.17) is 4.74 Å². The van der Waals surface area contributed by atoms with Crippen LogP contribution in [-0.2, 0) is 9.53 Å². The van der Waals surface area contributed by atoms with E-state index in [1.165, 1.54) is 5.57 Å². The molecule has 0 spiro atoms. The molecule has 5 nitrogen and oxygen atoms in total. The summed E-state index contributed by atoms with van der Waals surface area (Å²) in [5.41, 5.74) is 2.34. The van der Waals surface area contributed by atoms with Crippen LogP contribution in [0, 0.1) is 39.9 Å². The van der Waals surface area contributed by atoms with Crippen LogP contribution in [0.1, 0.15) is 92.9 Å². The van der Waals surface area contributed by atoms with Crippen LogP contribution in [0.25, 0.3) is 0 Å². The Hall–Kier alpha value is -1.17. The molecule has 0 aromatic rings. The van der Waals surface area contributed by atoms with Gasteiger partial charge in [0, 0.05) is 12.7 Å². The molecule has 4 saturated carbocycles. The number of methoxy groups -OCH3 is 1. The summed E-state index contributed by atoms with van der Waals surface area (Å²) in [7, 11) is 1.71. The molecule has 0 aromatic carbocycles. The molecule has 0 heterocycles. The van der Waals surface area contributed by atoms with Crippen molar-refractivity contribution in [2.24, 2.45) is 39.9 Å². The fourth-order valence-electron chi connectivity index (χ4n) is 9.69. The molecule has 3 N–H and O–H groups in total. The van der Waals surface area contributed by atoms with Gasteiger partial charge in [-0.05, 0) is 111 Å². The van der Waals surface area contributed by atoms with Crippen molar-refractivity contribution in [3.63, 3.8) is 0 Å². The number of carbonyl (C=O) groups is 1. The molecule has 0 radical (unpaired) electrons. The first kappa shape index (κ1) is 26.9. The van der Waals surface area contributed by atoms with Gasteiger partial charge < -0.3 is 20.1 Å². The van der Waals surface area contributed by atoms with Crippen LogP contribution in [0.2, 0.25) is 0 Å². The number of hydrogen-bond acceptors (Lipinski definition) is 4. The van der Waals surface area contributed by atoms with Gasteiger partial charge in [0.2, 0.25) is 0 Å². The normalized spacial score (nSPS) is 48.4. The molecule has 0 aliphatic heterocycles. The Bertz CT molecular complexity index is 902. The predicted molar refractivity (Wildman–Crippen MR) is 138 cm³/mol. The van der Waals surface area contributed by atoms with Crippen LogP contribution in [-0.4, -0.2) is 46.7 Å². The minimum absolute atomic E-state index is 0.00765. The minimum atomic E-state index is -0.846. The Morgan fingerprint density at radius 2 is 1.77 bits per heavy atom. The molecule has 198 valence electrons. The summed E-state index contributed by atoms with van der Waals surface area (Å²) < 4.78 is 6.01. The topological polar surface area (TPSA) is 87.0 Å². The van der Waals surface area contributed by atoms with Crippen molar-refractivity contribution in [3.8, 4) is 0 Å². The number of hydrogen-bond donors (Lipinski definition) is 3. The van der Waals surface area contributed by atoms with Gasteiger partial charge >= 0.3 is 5.97 Å². The lowest BCUT2D eigenvalue weighted by molar-refractivity contribution is -0.234. The number of rotatable bonds is 5. The summed E-state index contributed by atoms with van der Waals surface area (Å²) in [6.07, 6.45) is 7.56. The molecule has 4 aliphatic rings. The zero-order chi connectivity index (χ0) is 25.9. The van der Waals surface area contributed by atoms with Gasteiger partial charge in [-0.2, -0.15) is 0 Å². The van der Waals surface area contributed by atoms with Crippen molar-refractivity contribution >= 4 is 5.97 Å². The van der Waals surface area contributed by atoms with E-state index >= 15 is 0 Å². The molecular formula is C30H48O5. The maximum absolute atomic E-state index is 12.5. The van der Waals surface area contributed by atoms with Crippen molar-refractivity contribution in [2.45, 2.75) is 111 Å². The van der Waals surface area contributed by atoms with Crippen LogP contribution < -0.4 is 0 Å². The summed E-state index contributed by atoms with van der Waals surface area (Å²) in [4.78, 5) is 12.5. The zero-order valence-electron chi connectivity index (χ0n) is 22.9. The largest absolute Gasteiger partial charge is 0.478 e. The molecule has 4 aliphatic carbocycles. The average Bonchev–Trinajstić information content (AvgIpc) is 3.06.